The van der Waals surface area contributed by atoms with Crippen molar-refractivity contribution in [3.63, 3.8) is 0 Å². The SMILES string of the molecule is CCC(C#N)(CC)Sc1cccc(C)c1. The van der Waals surface area contributed by atoms with Crippen molar-refractivity contribution in [2.24, 2.45) is 0 Å². The summed E-state index contributed by atoms with van der Waals surface area (Å²) in [6, 6.07) is 10.8. The number of thioether (sulfide) groups is 1. The van der Waals surface area contributed by atoms with Gasteiger partial charge in [-0.15, -0.1) is 11.8 Å². The minimum Gasteiger partial charge on any atom is -0.197 e. The van der Waals surface area contributed by atoms with E-state index in [9.17, 15) is 5.26 Å². The van der Waals surface area contributed by atoms with E-state index in [-0.39, 0.29) is 4.75 Å². The standard InChI is InChI=1S/C13H17NS/c1-4-13(5-2,10-14)15-12-8-6-7-11(3)9-12/h6-9H,4-5H2,1-3H3. The van der Waals surface area contributed by atoms with E-state index in [0.29, 0.717) is 0 Å². The first kappa shape index (κ1) is 12.1. The maximum Gasteiger partial charge on any atom is 0.106 e. The van der Waals surface area contributed by atoms with Gasteiger partial charge >= 0.3 is 0 Å². The molecule has 0 amide bonds. The van der Waals surface area contributed by atoms with E-state index in [1.165, 1.54) is 10.5 Å². The second-order valence-electron chi connectivity index (χ2n) is 3.73. The Hall–Kier alpha value is -0.940. The maximum absolute atomic E-state index is 9.24. The Balaban J connectivity index is 2.89. The summed E-state index contributed by atoms with van der Waals surface area (Å²) in [5.74, 6) is 0. The molecule has 0 fully saturated rings. The lowest BCUT2D eigenvalue weighted by Gasteiger charge is -2.22. The van der Waals surface area contributed by atoms with E-state index in [0.717, 1.165) is 12.8 Å². The van der Waals surface area contributed by atoms with Gasteiger partial charge in [-0.2, -0.15) is 5.26 Å². The van der Waals surface area contributed by atoms with Gasteiger partial charge < -0.3 is 0 Å². The van der Waals surface area contributed by atoms with Crippen molar-refractivity contribution in [1.82, 2.24) is 0 Å². The number of hydrogen-bond acceptors (Lipinski definition) is 2. The third-order valence-corrected chi connectivity index (χ3v) is 4.20. The molecule has 0 radical (unpaired) electrons. The van der Waals surface area contributed by atoms with Crippen molar-refractivity contribution in [3.8, 4) is 6.07 Å². The lowest BCUT2D eigenvalue weighted by molar-refractivity contribution is 0.672. The molecule has 2 heteroatoms. The Kier molecular flexibility index (Phi) is 4.23. The third-order valence-electron chi connectivity index (χ3n) is 2.65. The molecule has 0 aliphatic carbocycles. The van der Waals surface area contributed by atoms with Crippen LogP contribution in [-0.4, -0.2) is 4.75 Å². The first-order valence-electron chi connectivity index (χ1n) is 5.32. The summed E-state index contributed by atoms with van der Waals surface area (Å²) in [5.41, 5.74) is 1.25. The largest absolute Gasteiger partial charge is 0.197 e. The normalized spacial score (nSPS) is 11.1. The average molecular weight is 219 g/mol. The Morgan fingerprint density at radius 1 is 1.33 bits per heavy atom. The quantitative estimate of drug-likeness (QED) is 0.710. The second-order valence-corrected chi connectivity index (χ2v) is 5.19. The molecule has 0 atom stereocenters. The van der Waals surface area contributed by atoms with Gasteiger partial charge in [0, 0.05) is 4.90 Å². The van der Waals surface area contributed by atoms with E-state index in [1.54, 1.807) is 11.8 Å². The van der Waals surface area contributed by atoms with Crippen molar-refractivity contribution >= 4 is 11.8 Å². The minimum absolute atomic E-state index is 0.256. The molecule has 0 saturated heterocycles. The Morgan fingerprint density at radius 2 is 2.00 bits per heavy atom. The fraction of sp³-hybridized carbons (Fsp3) is 0.462. The molecule has 1 nitrogen and oxygen atoms in total. The van der Waals surface area contributed by atoms with Gasteiger partial charge in [0.2, 0.25) is 0 Å². The molecule has 1 aromatic carbocycles. The summed E-state index contributed by atoms with van der Waals surface area (Å²) in [6.07, 6.45) is 1.78. The van der Waals surface area contributed by atoms with Crippen LogP contribution in [0.15, 0.2) is 29.2 Å². The van der Waals surface area contributed by atoms with Gasteiger partial charge in [0.05, 0.1) is 6.07 Å². The van der Waals surface area contributed by atoms with Gasteiger partial charge in [-0.3, -0.25) is 0 Å². The summed E-state index contributed by atoms with van der Waals surface area (Å²) in [6.45, 7) is 6.24. The highest BCUT2D eigenvalue weighted by molar-refractivity contribution is 8.01. The molecule has 80 valence electrons. The van der Waals surface area contributed by atoms with Crippen molar-refractivity contribution in [1.29, 1.82) is 5.26 Å². The number of nitriles is 1. The van der Waals surface area contributed by atoms with Gasteiger partial charge in [-0.05, 0) is 31.9 Å². The molecular weight excluding hydrogens is 202 g/mol. The average Bonchev–Trinajstić information content (AvgIpc) is 2.26. The molecule has 1 rings (SSSR count). The Morgan fingerprint density at radius 3 is 2.47 bits per heavy atom. The van der Waals surface area contributed by atoms with Crippen LogP contribution in [0.1, 0.15) is 32.3 Å². The fourth-order valence-electron chi connectivity index (χ4n) is 1.48. The minimum atomic E-state index is -0.256. The lowest BCUT2D eigenvalue weighted by Crippen LogP contribution is -2.19. The van der Waals surface area contributed by atoms with E-state index < -0.39 is 0 Å². The number of nitrogens with zero attached hydrogens (tertiary/aromatic N) is 1. The van der Waals surface area contributed by atoms with Gasteiger partial charge in [0.1, 0.15) is 4.75 Å². The van der Waals surface area contributed by atoms with E-state index in [2.05, 4.69) is 45.0 Å². The van der Waals surface area contributed by atoms with Crippen LogP contribution in [0, 0.1) is 18.3 Å². The third kappa shape index (κ3) is 3.00. The highest BCUT2D eigenvalue weighted by Crippen LogP contribution is 2.37. The molecule has 0 aliphatic rings. The predicted octanol–water partition coefficient (Wildman–Crippen LogP) is 4.17. The number of benzene rings is 1. The smallest absolute Gasteiger partial charge is 0.106 e. The summed E-state index contributed by atoms with van der Waals surface area (Å²) in [7, 11) is 0. The lowest BCUT2D eigenvalue weighted by atomic mass is 10.1. The molecule has 0 aromatic heterocycles. The highest BCUT2D eigenvalue weighted by atomic mass is 32.2. The monoisotopic (exact) mass is 219 g/mol. The summed E-state index contributed by atoms with van der Waals surface area (Å²) in [4.78, 5) is 1.19. The topological polar surface area (TPSA) is 23.8 Å². The molecule has 15 heavy (non-hydrogen) atoms. The summed E-state index contributed by atoms with van der Waals surface area (Å²) < 4.78 is -0.256. The van der Waals surface area contributed by atoms with E-state index in [4.69, 9.17) is 0 Å². The highest BCUT2D eigenvalue weighted by Gasteiger charge is 2.26. The predicted molar refractivity (Wildman–Crippen MR) is 66.0 cm³/mol. The first-order chi connectivity index (χ1) is 7.15. The molecule has 1 aromatic rings. The van der Waals surface area contributed by atoms with Gasteiger partial charge in [0.25, 0.3) is 0 Å². The molecule has 0 N–H and O–H groups in total. The van der Waals surface area contributed by atoms with Gasteiger partial charge in [0.15, 0.2) is 0 Å². The van der Waals surface area contributed by atoms with Crippen molar-refractivity contribution in [2.45, 2.75) is 43.3 Å². The maximum atomic E-state index is 9.24. The van der Waals surface area contributed by atoms with Gasteiger partial charge in [-0.25, -0.2) is 0 Å². The zero-order chi connectivity index (χ0) is 11.3. The van der Waals surface area contributed by atoms with Crippen molar-refractivity contribution in [2.75, 3.05) is 0 Å². The number of hydrogen-bond donors (Lipinski definition) is 0. The van der Waals surface area contributed by atoms with E-state index >= 15 is 0 Å². The molecule has 0 heterocycles. The molecule has 0 unspecified atom stereocenters. The molecular formula is C13H17NS. The zero-order valence-corrected chi connectivity index (χ0v) is 10.4. The van der Waals surface area contributed by atoms with Crippen LogP contribution in [0.4, 0.5) is 0 Å². The fourth-order valence-corrected chi connectivity index (χ4v) is 2.66. The van der Waals surface area contributed by atoms with Crippen LogP contribution >= 0.6 is 11.8 Å². The van der Waals surface area contributed by atoms with Crippen LogP contribution < -0.4 is 0 Å². The van der Waals surface area contributed by atoms with Crippen LogP contribution in [-0.2, 0) is 0 Å². The molecule has 0 saturated carbocycles. The first-order valence-corrected chi connectivity index (χ1v) is 6.14. The van der Waals surface area contributed by atoms with Crippen molar-refractivity contribution < 1.29 is 0 Å². The van der Waals surface area contributed by atoms with Crippen LogP contribution in [0.3, 0.4) is 0 Å². The van der Waals surface area contributed by atoms with Crippen LogP contribution in [0.25, 0.3) is 0 Å². The van der Waals surface area contributed by atoms with Crippen molar-refractivity contribution in [3.05, 3.63) is 29.8 Å². The van der Waals surface area contributed by atoms with Crippen LogP contribution in [0.2, 0.25) is 0 Å². The summed E-state index contributed by atoms with van der Waals surface area (Å²) >= 11 is 1.69. The molecule has 0 bridgehead atoms. The zero-order valence-electron chi connectivity index (χ0n) is 9.58. The Bertz CT molecular complexity index is 361. The van der Waals surface area contributed by atoms with Crippen LogP contribution in [0.5, 0.6) is 0 Å². The second kappa shape index (κ2) is 5.23. The molecule has 0 spiro atoms. The number of aryl methyl sites for hydroxylation is 1. The summed E-state index contributed by atoms with van der Waals surface area (Å²) in [5, 5.41) is 9.24. The number of rotatable bonds is 4. The van der Waals surface area contributed by atoms with Gasteiger partial charge in [-0.1, -0.05) is 31.5 Å². The molecule has 0 aliphatic heterocycles. The van der Waals surface area contributed by atoms with E-state index in [1.807, 2.05) is 6.07 Å². The Labute approximate surface area is 96.5 Å².